The number of nitrogens with zero attached hydrogens (tertiary/aromatic N) is 1. The molecule has 0 saturated heterocycles. The predicted molar refractivity (Wildman–Crippen MR) is 131 cm³/mol. The van der Waals surface area contributed by atoms with E-state index in [-0.39, 0.29) is 5.71 Å². The molecule has 30 heavy (non-hydrogen) atoms. The van der Waals surface area contributed by atoms with E-state index in [1.165, 1.54) is 25.4 Å². The molecule has 0 amide bonds. The van der Waals surface area contributed by atoms with Gasteiger partial charge in [0.1, 0.15) is 7.11 Å². The molecule has 4 heteroatoms. The van der Waals surface area contributed by atoms with Gasteiger partial charge in [-0.25, -0.2) is 4.79 Å². The maximum absolute atomic E-state index is 12.1. The van der Waals surface area contributed by atoms with Crippen molar-refractivity contribution in [2.75, 3.05) is 14.2 Å². The highest BCUT2D eigenvalue weighted by Gasteiger charge is 2.25. The Morgan fingerprint density at radius 2 is 1.40 bits per heavy atom. The fourth-order valence-corrected chi connectivity index (χ4v) is 2.63. The first-order valence-corrected chi connectivity index (χ1v) is 10.9. The van der Waals surface area contributed by atoms with Crippen LogP contribution in [0.3, 0.4) is 0 Å². The second kappa shape index (κ2) is 18.4. The molecule has 1 aromatic carbocycles. The average molecular weight is 416 g/mol. The minimum atomic E-state index is -0.482. The minimum Gasteiger partial charge on any atom is -0.464 e. The number of oxime groups is 1. The highest BCUT2D eigenvalue weighted by atomic mass is 16.6. The number of methoxy groups -OCH3 is 1. The van der Waals surface area contributed by atoms with Gasteiger partial charge in [-0.05, 0) is 43.4 Å². The van der Waals surface area contributed by atoms with Gasteiger partial charge in [0, 0.05) is 0 Å². The van der Waals surface area contributed by atoms with E-state index in [9.17, 15) is 4.79 Å². The molecule has 0 bridgehead atoms. The summed E-state index contributed by atoms with van der Waals surface area (Å²) in [4.78, 5) is 17.0. The first kappa shape index (κ1) is 29.6. The number of carbonyl (C=O) groups is 1. The standard InChI is InChI=1S/C20H23NO3.3C2H6/c1-14-12-17(11-10-16-8-6-5-7-9-16)18(13-15(14)2)19(21-24-4)20(22)23-3;3*1-2/h5-11H,12-13H2,1-4H3;3*1-2H3/b11-10-,21-19-;;;. The zero-order chi connectivity index (χ0) is 23.5. The Morgan fingerprint density at radius 1 is 0.867 bits per heavy atom. The molecule has 2 rings (SSSR count). The number of esters is 1. The molecule has 168 valence electrons. The van der Waals surface area contributed by atoms with E-state index in [0.717, 1.165) is 23.1 Å². The topological polar surface area (TPSA) is 47.9 Å². The Morgan fingerprint density at radius 3 is 1.90 bits per heavy atom. The number of rotatable bonds is 5. The summed E-state index contributed by atoms with van der Waals surface area (Å²) in [5.74, 6) is -0.482. The molecular formula is C26H41NO3. The van der Waals surface area contributed by atoms with E-state index in [2.05, 4.69) is 25.1 Å². The van der Waals surface area contributed by atoms with Crippen LogP contribution in [0.15, 0.2) is 63.9 Å². The molecule has 0 aliphatic heterocycles. The van der Waals surface area contributed by atoms with E-state index in [1.807, 2.05) is 78.0 Å². The second-order valence-corrected chi connectivity index (χ2v) is 5.78. The minimum absolute atomic E-state index is 0.236. The first-order chi connectivity index (χ1) is 14.6. The van der Waals surface area contributed by atoms with Gasteiger partial charge < -0.3 is 9.57 Å². The van der Waals surface area contributed by atoms with Crippen molar-refractivity contribution in [3.63, 3.8) is 0 Å². The highest BCUT2D eigenvalue weighted by molar-refractivity contribution is 6.43. The van der Waals surface area contributed by atoms with Crippen molar-refractivity contribution >= 4 is 17.8 Å². The zero-order valence-corrected chi connectivity index (χ0v) is 20.6. The third kappa shape index (κ3) is 9.73. The maximum atomic E-state index is 12.1. The molecule has 1 aliphatic carbocycles. The van der Waals surface area contributed by atoms with Crippen LogP contribution in [-0.2, 0) is 14.4 Å². The molecule has 4 nitrogen and oxygen atoms in total. The molecule has 1 aliphatic rings. The summed E-state index contributed by atoms with van der Waals surface area (Å²) in [7, 11) is 2.78. The lowest BCUT2D eigenvalue weighted by atomic mass is 9.84. The quantitative estimate of drug-likeness (QED) is 0.218. The molecule has 0 heterocycles. The molecule has 0 atom stereocenters. The van der Waals surface area contributed by atoms with Crippen molar-refractivity contribution in [3.05, 3.63) is 64.3 Å². The van der Waals surface area contributed by atoms with Crippen LogP contribution in [0.5, 0.6) is 0 Å². The van der Waals surface area contributed by atoms with Crippen LogP contribution in [0.1, 0.15) is 73.8 Å². The van der Waals surface area contributed by atoms with Gasteiger partial charge >= 0.3 is 5.97 Å². The molecule has 0 spiro atoms. The predicted octanol–water partition coefficient (Wildman–Crippen LogP) is 7.38. The van der Waals surface area contributed by atoms with E-state index >= 15 is 0 Å². The highest BCUT2D eigenvalue weighted by Crippen LogP contribution is 2.32. The number of carbonyl (C=O) groups excluding carboxylic acids is 1. The number of benzene rings is 1. The van der Waals surface area contributed by atoms with Gasteiger partial charge in [0.2, 0.25) is 0 Å². The third-order valence-electron chi connectivity index (χ3n) is 4.14. The lowest BCUT2D eigenvalue weighted by molar-refractivity contribution is -0.132. The van der Waals surface area contributed by atoms with Crippen LogP contribution >= 0.6 is 0 Å². The van der Waals surface area contributed by atoms with E-state index < -0.39 is 5.97 Å². The van der Waals surface area contributed by atoms with Crippen LogP contribution in [0.4, 0.5) is 0 Å². The van der Waals surface area contributed by atoms with Crippen molar-refractivity contribution in [2.24, 2.45) is 5.16 Å². The van der Waals surface area contributed by atoms with Gasteiger partial charge in [0.05, 0.1) is 7.11 Å². The van der Waals surface area contributed by atoms with Crippen LogP contribution in [0, 0.1) is 0 Å². The Labute approximate surface area is 184 Å². The fraction of sp³-hybridized carbons (Fsp3) is 0.462. The monoisotopic (exact) mass is 415 g/mol. The summed E-state index contributed by atoms with van der Waals surface area (Å²) >= 11 is 0. The van der Waals surface area contributed by atoms with Gasteiger partial charge in [0.15, 0.2) is 5.71 Å². The summed E-state index contributed by atoms with van der Waals surface area (Å²) in [6.45, 7) is 16.2. The lowest BCUT2D eigenvalue weighted by Crippen LogP contribution is -2.22. The molecule has 0 N–H and O–H groups in total. The third-order valence-corrected chi connectivity index (χ3v) is 4.14. The van der Waals surface area contributed by atoms with Gasteiger partial charge in [-0.3, -0.25) is 0 Å². The number of hydrogen-bond acceptors (Lipinski definition) is 4. The zero-order valence-electron chi connectivity index (χ0n) is 20.6. The van der Waals surface area contributed by atoms with Crippen molar-refractivity contribution in [1.82, 2.24) is 0 Å². The molecular weight excluding hydrogens is 374 g/mol. The average Bonchev–Trinajstić information content (AvgIpc) is 2.82. The smallest absolute Gasteiger partial charge is 0.360 e. The number of allylic oxidation sites excluding steroid dienone is 4. The van der Waals surface area contributed by atoms with Gasteiger partial charge in [0.25, 0.3) is 0 Å². The summed E-state index contributed by atoms with van der Waals surface area (Å²) in [6, 6.07) is 10.1. The van der Waals surface area contributed by atoms with Crippen molar-refractivity contribution in [3.8, 4) is 0 Å². The van der Waals surface area contributed by atoms with Crippen molar-refractivity contribution in [2.45, 2.75) is 68.2 Å². The molecule has 0 radical (unpaired) electrons. The van der Waals surface area contributed by atoms with Crippen LogP contribution < -0.4 is 0 Å². The van der Waals surface area contributed by atoms with Crippen molar-refractivity contribution in [1.29, 1.82) is 0 Å². The largest absolute Gasteiger partial charge is 0.464 e. The Balaban J connectivity index is 0. The van der Waals surface area contributed by atoms with Gasteiger partial charge in [-0.15, -0.1) is 0 Å². The number of hydrogen-bond donors (Lipinski definition) is 0. The summed E-state index contributed by atoms with van der Waals surface area (Å²) in [5, 5.41) is 3.91. The van der Waals surface area contributed by atoms with Crippen LogP contribution in [-0.4, -0.2) is 25.9 Å². The van der Waals surface area contributed by atoms with Crippen molar-refractivity contribution < 1.29 is 14.4 Å². The van der Waals surface area contributed by atoms with Crippen LogP contribution in [0.25, 0.3) is 6.08 Å². The molecule has 0 unspecified atom stereocenters. The van der Waals surface area contributed by atoms with E-state index in [1.54, 1.807) is 0 Å². The first-order valence-electron chi connectivity index (χ1n) is 10.9. The fourth-order valence-electron chi connectivity index (χ4n) is 2.63. The van der Waals surface area contributed by atoms with E-state index in [4.69, 9.17) is 9.57 Å². The molecule has 0 fully saturated rings. The normalized spacial score (nSPS) is 13.3. The Bertz CT molecular complexity index is 726. The molecule has 0 aromatic heterocycles. The summed E-state index contributed by atoms with van der Waals surface area (Å²) < 4.78 is 4.87. The summed E-state index contributed by atoms with van der Waals surface area (Å²) in [5.41, 5.74) is 5.82. The van der Waals surface area contributed by atoms with Crippen LogP contribution in [0.2, 0.25) is 0 Å². The summed E-state index contributed by atoms with van der Waals surface area (Å²) in [6.07, 6.45) is 5.54. The lowest BCUT2D eigenvalue weighted by Gasteiger charge is -2.21. The molecule has 0 saturated carbocycles. The second-order valence-electron chi connectivity index (χ2n) is 5.78. The SMILES string of the molecule is CC.CC.CC.CO/N=C(\C(=O)OC)C1=C(/C=C\c2ccccc2)CC(C)=C(C)C1. The molecule has 1 aromatic rings. The van der Waals surface area contributed by atoms with Gasteiger partial charge in [-0.2, -0.15) is 0 Å². The van der Waals surface area contributed by atoms with Gasteiger partial charge in [-0.1, -0.05) is 100 Å². The Hall–Kier alpha value is -2.62. The maximum Gasteiger partial charge on any atom is 0.360 e. The van der Waals surface area contributed by atoms with E-state index in [0.29, 0.717) is 6.42 Å². The number of ether oxygens (including phenoxy) is 1. The Kier molecular flexibility index (Phi) is 18.2.